The van der Waals surface area contributed by atoms with Crippen LogP contribution in [-0.4, -0.2) is 99.7 Å². The molecular formula is C2H4NNa3O2. The van der Waals surface area contributed by atoms with Gasteiger partial charge in [0.1, 0.15) is 0 Å². The summed E-state index contributed by atoms with van der Waals surface area (Å²) < 4.78 is 0. The van der Waals surface area contributed by atoms with Crippen LogP contribution in [-0.2, 0) is 4.79 Å². The number of nitriles is 1. The van der Waals surface area contributed by atoms with Gasteiger partial charge in [-0.1, -0.05) is 0 Å². The van der Waals surface area contributed by atoms with Crippen LogP contribution in [0.2, 0.25) is 0 Å². The maximum absolute atomic E-state index is 9.01. The van der Waals surface area contributed by atoms with E-state index in [1.807, 2.05) is 0 Å². The fraction of sp³-hybridized carbons (Fsp3) is 0. The third kappa shape index (κ3) is 24.6. The third-order valence-corrected chi connectivity index (χ3v) is 0.0956. The van der Waals surface area contributed by atoms with Gasteiger partial charge < -0.3 is 5.11 Å². The Morgan fingerprint density at radius 3 is 1.50 bits per heavy atom. The number of carboxylic acid groups (broad SMARTS) is 1. The van der Waals surface area contributed by atoms with Gasteiger partial charge in [-0.2, -0.15) is 5.26 Å². The Labute approximate surface area is 114 Å². The molecule has 0 fully saturated rings. The van der Waals surface area contributed by atoms with Crippen molar-refractivity contribution in [1.29, 1.82) is 5.26 Å². The summed E-state index contributed by atoms with van der Waals surface area (Å²) in [6.07, 6.45) is 0. The summed E-state index contributed by atoms with van der Waals surface area (Å²) >= 11 is 0. The molecule has 0 saturated heterocycles. The number of hydrogen-bond acceptors (Lipinski definition) is 2. The molecule has 0 spiro atoms. The predicted molar refractivity (Wildman–Crippen MR) is 34.7 cm³/mol. The molecular weight excluding hydrogens is 139 g/mol. The van der Waals surface area contributed by atoms with Gasteiger partial charge in [0.05, 0.1) is 0 Å². The normalized spacial score (nSPS) is 3.38. The van der Waals surface area contributed by atoms with Crippen LogP contribution in [0.1, 0.15) is 0 Å². The number of carbonyl (C=O) groups is 1. The van der Waals surface area contributed by atoms with Crippen molar-refractivity contribution in [3.8, 4) is 6.07 Å². The molecule has 0 amide bonds. The van der Waals surface area contributed by atoms with Crippen molar-refractivity contribution in [2.24, 2.45) is 0 Å². The first-order valence-corrected chi connectivity index (χ1v) is 0.901. The molecule has 8 heavy (non-hydrogen) atoms. The second-order valence-electron chi connectivity index (χ2n) is 0.417. The molecule has 0 bridgehead atoms. The van der Waals surface area contributed by atoms with Gasteiger partial charge in [-0.15, -0.1) is 0 Å². The Kier molecular flexibility index (Phi) is 45.0. The van der Waals surface area contributed by atoms with Gasteiger partial charge in [0.15, 0.2) is 6.07 Å². The van der Waals surface area contributed by atoms with Crippen LogP contribution in [0.15, 0.2) is 0 Å². The zero-order valence-corrected chi connectivity index (χ0v) is 2.30. The summed E-state index contributed by atoms with van der Waals surface area (Å²) in [5, 5.41) is 14.7. The van der Waals surface area contributed by atoms with Crippen molar-refractivity contribution in [1.82, 2.24) is 0 Å². The van der Waals surface area contributed by atoms with E-state index in [1.165, 1.54) is 0 Å². The molecule has 0 saturated carbocycles. The van der Waals surface area contributed by atoms with Crippen LogP contribution in [0.5, 0.6) is 0 Å². The van der Waals surface area contributed by atoms with Gasteiger partial charge in [0.2, 0.25) is 0 Å². The first kappa shape index (κ1) is 22.5. The average Bonchev–Trinajstić information content (AvgIpc) is 1.38. The molecule has 0 aliphatic heterocycles. The van der Waals surface area contributed by atoms with Crippen molar-refractivity contribution < 1.29 is 9.90 Å². The van der Waals surface area contributed by atoms with Gasteiger partial charge in [-0.05, 0) is 0 Å². The molecule has 1 N–H and O–H groups in total. The molecule has 0 heterocycles. The zero-order chi connectivity index (χ0) is 4.28. The second-order valence-corrected chi connectivity index (χ2v) is 0.417. The standard InChI is InChI=1S/C2HNO2.3Na.3H/c3-1-2(4)5;;;;;;/h(H,4,5);;;;;;. The molecule has 0 unspecified atom stereocenters. The minimum atomic E-state index is -1.44. The fourth-order valence-electron chi connectivity index (χ4n) is 0. The number of carboxylic acids is 1. The molecule has 0 aromatic carbocycles. The summed E-state index contributed by atoms with van der Waals surface area (Å²) in [6, 6.07) is 0.944. The summed E-state index contributed by atoms with van der Waals surface area (Å²) in [4.78, 5) is 9.01. The van der Waals surface area contributed by atoms with E-state index < -0.39 is 5.97 Å². The zero-order valence-electron chi connectivity index (χ0n) is 2.30. The number of rotatable bonds is 0. The number of aliphatic carboxylic acids is 1. The van der Waals surface area contributed by atoms with Crippen LogP contribution >= 0.6 is 0 Å². The summed E-state index contributed by atoms with van der Waals surface area (Å²) in [6.45, 7) is 0. The molecule has 3 nitrogen and oxygen atoms in total. The molecule has 6 heteroatoms. The van der Waals surface area contributed by atoms with Gasteiger partial charge in [0, 0.05) is 0 Å². The van der Waals surface area contributed by atoms with E-state index in [4.69, 9.17) is 15.2 Å². The predicted octanol–water partition coefficient (Wildman–Crippen LogP) is -2.35. The van der Waals surface area contributed by atoms with Crippen LogP contribution < -0.4 is 0 Å². The Morgan fingerprint density at radius 2 is 1.50 bits per heavy atom. The number of hydrogen-bond donors (Lipinski definition) is 1. The number of nitrogens with zero attached hydrogens (tertiary/aromatic N) is 1. The van der Waals surface area contributed by atoms with Crippen molar-refractivity contribution in [2.45, 2.75) is 0 Å². The Morgan fingerprint density at radius 1 is 1.38 bits per heavy atom. The first-order valence-electron chi connectivity index (χ1n) is 0.901. The Hall–Kier alpha value is 1.96. The molecule has 0 aromatic rings. The minimum absolute atomic E-state index is 0. The van der Waals surface area contributed by atoms with E-state index in [0.717, 1.165) is 6.07 Å². The Bertz CT molecular complexity index is 87.8. The van der Waals surface area contributed by atoms with Crippen LogP contribution in [0.4, 0.5) is 0 Å². The van der Waals surface area contributed by atoms with E-state index in [9.17, 15) is 0 Å². The quantitative estimate of drug-likeness (QED) is 0.234. The maximum atomic E-state index is 9.01. The molecule has 0 rings (SSSR count). The van der Waals surface area contributed by atoms with Gasteiger partial charge in [-0.25, -0.2) is 4.79 Å². The first-order chi connectivity index (χ1) is 2.27. The SMILES string of the molecule is N#CC(=O)O.[NaH].[NaH].[NaH]. The van der Waals surface area contributed by atoms with Gasteiger partial charge in [-0.3, -0.25) is 0 Å². The fourth-order valence-corrected chi connectivity index (χ4v) is 0. The van der Waals surface area contributed by atoms with E-state index in [1.54, 1.807) is 0 Å². The summed E-state index contributed by atoms with van der Waals surface area (Å²) in [5.41, 5.74) is 0. The molecule has 0 atom stereocenters. The van der Waals surface area contributed by atoms with Crippen LogP contribution in [0, 0.1) is 11.3 Å². The molecule has 0 aliphatic rings. The third-order valence-electron chi connectivity index (χ3n) is 0.0956. The van der Waals surface area contributed by atoms with Crippen LogP contribution in [0.3, 0.4) is 0 Å². The van der Waals surface area contributed by atoms with Crippen molar-refractivity contribution >= 4 is 94.6 Å². The molecule has 32 valence electrons. The molecule has 0 aromatic heterocycles. The topological polar surface area (TPSA) is 61.1 Å². The van der Waals surface area contributed by atoms with Crippen molar-refractivity contribution in [3.05, 3.63) is 0 Å². The monoisotopic (exact) mass is 143 g/mol. The molecule has 0 radical (unpaired) electrons. The van der Waals surface area contributed by atoms with Gasteiger partial charge in [0.25, 0.3) is 0 Å². The van der Waals surface area contributed by atoms with Crippen LogP contribution in [0.25, 0.3) is 0 Å². The second kappa shape index (κ2) is 16.0. The molecule has 0 aliphatic carbocycles. The summed E-state index contributed by atoms with van der Waals surface area (Å²) in [7, 11) is 0. The summed E-state index contributed by atoms with van der Waals surface area (Å²) in [5.74, 6) is -1.44. The van der Waals surface area contributed by atoms with E-state index in [0.29, 0.717) is 0 Å². The van der Waals surface area contributed by atoms with E-state index in [2.05, 4.69) is 0 Å². The Balaban J connectivity index is -0.0000000267. The van der Waals surface area contributed by atoms with Crippen molar-refractivity contribution in [2.75, 3.05) is 0 Å². The van der Waals surface area contributed by atoms with E-state index >= 15 is 0 Å². The average molecular weight is 143 g/mol. The van der Waals surface area contributed by atoms with E-state index in [-0.39, 0.29) is 88.7 Å². The van der Waals surface area contributed by atoms with Gasteiger partial charge >= 0.3 is 94.6 Å². The van der Waals surface area contributed by atoms with Crippen molar-refractivity contribution in [3.63, 3.8) is 0 Å².